The standard InChI is InChI=1S/C31H35ClN4O4S/c1-21-16-22(2)20-35(19-21)15-5-14-33-30(37)24-10-13-29-27(17-24)36(34-18-23-8-11-25(32)12-9-23)31(38)26-6-3-4-7-28(26)41(29,39)40/h3-4,6-13,17,21-22,34H,5,14-16,18-20H2,1-2H3,(H,33,37). The van der Waals surface area contributed by atoms with Gasteiger partial charge in [0.2, 0.25) is 9.84 Å². The number of likely N-dealkylation sites (tertiary alicyclic amines) is 1. The van der Waals surface area contributed by atoms with Crippen molar-refractivity contribution >= 4 is 38.9 Å². The van der Waals surface area contributed by atoms with Gasteiger partial charge in [0.25, 0.3) is 11.8 Å². The van der Waals surface area contributed by atoms with Gasteiger partial charge in [0.15, 0.2) is 0 Å². The summed E-state index contributed by atoms with van der Waals surface area (Å²) in [5, 5.41) is 4.77. The lowest BCUT2D eigenvalue weighted by molar-refractivity contribution is 0.0943. The molecule has 0 spiro atoms. The molecular weight excluding hydrogens is 560 g/mol. The number of hydrogen-bond donors (Lipinski definition) is 2. The van der Waals surface area contributed by atoms with Crippen LogP contribution in [0, 0.1) is 11.8 Å². The summed E-state index contributed by atoms with van der Waals surface area (Å²) < 4.78 is 27.4. The topological polar surface area (TPSA) is 98.8 Å². The molecular formula is C31H35ClN4O4S. The fourth-order valence-corrected chi connectivity index (χ4v) is 7.54. The van der Waals surface area contributed by atoms with Gasteiger partial charge in [-0.15, -0.1) is 0 Å². The number of benzene rings is 3. The van der Waals surface area contributed by atoms with Crippen LogP contribution in [0.25, 0.3) is 0 Å². The third kappa shape index (κ3) is 6.48. The van der Waals surface area contributed by atoms with Crippen LogP contribution >= 0.6 is 11.6 Å². The van der Waals surface area contributed by atoms with E-state index < -0.39 is 15.7 Å². The molecule has 5 rings (SSSR count). The number of carbonyl (C=O) groups excluding carboxylic acids is 2. The number of anilines is 1. The Morgan fingerprint density at radius 2 is 1.68 bits per heavy atom. The number of hydrogen-bond acceptors (Lipinski definition) is 6. The van der Waals surface area contributed by atoms with Crippen molar-refractivity contribution in [3.8, 4) is 0 Å². The maximum atomic E-state index is 13.7. The molecule has 2 amide bonds. The molecule has 216 valence electrons. The van der Waals surface area contributed by atoms with E-state index in [9.17, 15) is 18.0 Å². The van der Waals surface area contributed by atoms with Crippen LogP contribution in [0.2, 0.25) is 5.02 Å². The molecule has 0 bridgehead atoms. The molecule has 3 aromatic carbocycles. The minimum atomic E-state index is -4.03. The summed E-state index contributed by atoms with van der Waals surface area (Å²) in [5.74, 6) is 0.500. The predicted octanol–water partition coefficient (Wildman–Crippen LogP) is 4.94. The Kier molecular flexibility index (Phi) is 8.79. The second-order valence-corrected chi connectivity index (χ2v) is 13.4. The Bertz CT molecular complexity index is 1530. The molecule has 2 aliphatic rings. The van der Waals surface area contributed by atoms with Gasteiger partial charge in [-0.25, -0.2) is 18.9 Å². The first-order valence-corrected chi connectivity index (χ1v) is 15.8. The van der Waals surface area contributed by atoms with Crippen LogP contribution in [-0.2, 0) is 16.4 Å². The summed E-state index contributed by atoms with van der Waals surface area (Å²) in [5.41, 5.74) is 4.36. The van der Waals surface area contributed by atoms with Crippen molar-refractivity contribution in [3.05, 3.63) is 88.4 Å². The summed E-state index contributed by atoms with van der Waals surface area (Å²) in [4.78, 5) is 29.2. The summed E-state index contributed by atoms with van der Waals surface area (Å²) in [6, 6.07) is 17.6. The van der Waals surface area contributed by atoms with Crippen LogP contribution < -0.4 is 15.8 Å². The fourth-order valence-electron chi connectivity index (χ4n) is 5.80. The van der Waals surface area contributed by atoms with E-state index in [0.29, 0.717) is 23.4 Å². The van der Waals surface area contributed by atoms with E-state index in [4.69, 9.17) is 11.6 Å². The molecule has 2 unspecified atom stereocenters. The maximum absolute atomic E-state index is 13.7. The molecule has 10 heteroatoms. The van der Waals surface area contributed by atoms with Crippen molar-refractivity contribution in [1.82, 2.24) is 15.6 Å². The number of carbonyl (C=O) groups is 2. The summed E-state index contributed by atoms with van der Waals surface area (Å²) in [6.45, 7) is 8.34. The lowest BCUT2D eigenvalue weighted by atomic mass is 9.92. The number of hydrazine groups is 1. The molecule has 1 saturated heterocycles. The van der Waals surface area contributed by atoms with Crippen LogP contribution in [0.3, 0.4) is 0 Å². The molecule has 0 radical (unpaired) electrons. The number of fused-ring (bicyclic) bond motifs is 2. The van der Waals surface area contributed by atoms with Crippen LogP contribution in [0.15, 0.2) is 76.5 Å². The number of sulfone groups is 1. The van der Waals surface area contributed by atoms with Crippen molar-refractivity contribution in [1.29, 1.82) is 0 Å². The smallest absolute Gasteiger partial charge is 0.274 e. The molecule has 2 atom stereocenters. The highest BCUT2D eigenvalue weighted by atomic mass is 35.5. The van der Waals surface area contributed by atoms with E-state index in [1.54, 1.807) is 24.3 Å². The average Bonchev–Trinajstić information content (AvgIpc) is 3.01. The van der Waals surface area contributed by atoms with Crippen molar-refractivity contribution in [2.45, 2.75) is 43.0 Å². The third-order valence-corrected chi connectivity index (χ3v) is 9.71. The zero-order valence-corrected chi connectivity index (χ0v) is 24.8. The average molecular weight is 595 g/mol. The Labute approximate surface area is 246 Å². The van der Waals surface area contributed by atoms with Crippen LogP contribution in [0.1, 0.15) is 53.0 Å². The number of amides is 2. The van der Waals surface area contributed by atoms with Crippen LogP contribution in [-0.4, -0.2) is 51.3 Å². The minimum Gasteiger partial charge on any atom is -0.352 e. The Morgan fingerprint density at radius 1 is 0.976 bits per heavy atom. The van der Waals surface area contributed by atoms with Crippen LogP contribution in [0.4, 0.5) is 5.69 Å². The molecule has 2 aliphatic heterocycles. The monoisotopic (exact) mass is 594 g/mol. The molecule has 8 nitrogen and oxygen atoms in total. The first-order chi connectivity index (χ1) is 19.6. The number of halogens is 1. The molecule has 0 aliphatic carbocycles. The van der Waals surface area contributed by atoms with Gasteiger partial charge >= 0.3 is 0 Å². The lowest BCUT2D eigenvalue weighted by Crippen LogP contribution is -2.43. The van der Waals surface area contributed by atoms with E-state index in [1.807, 2.05) is 12.1 Å². The largest absolute Gasteiger partial charge is 0.352 e. The number of nitrogens with one attached hydrogen (secondary N) is 2. The van der Waals surface area contributed by atoms with E-state index >= 15 is 0 Å². The van der Waals surface area contributed by atoms with Crippen molar-refractivity contribution < 1.29 is 18.0 Å². The molecule has 0 aromatic heterocycles. The zero-order valence-electron chi connectivity index (χ0n) is 23.3. The summed E-state index contributed by atoms with van der Waals surface area (Å²) in [6.07, 6.45) is 2.06. The van der Waals surface area contributed by atoms with Gasteiger partial charge < -0.3 is 10.2 Å². The number of piperidine rings is 1. The maximum Gasteiger partial charge on any atom is 0.274 e. The Morgan fingerprint density at radius 3 is 2.41 bits per heavy atom. The SMILES string of the molecule is CC1CC(C)CN(CCCNC(=O)c2ccc3c(c2)N(NCc2ccc(Cl)cc2)C(=O)c2ccccc2S3(=O)=O)C1. The molecule has 0 saturated carbocycles. The highest BCUT2D eigenvalue weighted by molar-refractivity contribution is 7.91. The van der Waals surface area contributed by atoms with Gasteiger partial charge in [-0.2, -0.15) is 0 Å². The number of nitrogens with zero attached hydrogens (tertiary/aromatic N) is 2. The minimum absolute atomic E-state index is 0.0516. The van der Waals surface area contributed by atoms with E-state index in [1.165, 1.54) is 41.8 Å². The Balaban J connectivity index is 1.37. The summed E-state index contributed by atoms with van der Waals surface area (Å²) >= 11 is 6.01. The molecule has 1 fully saturated rings. The van der Waals surface area contributed by atoms with Gasteiger partial charge in [0, 0.05) is 36.8 Å². The normalized spacial score (nSPS) is 20.2. The highest BCUT2D eigenvalue weighted by Crippen LogP contribution is 2.37. The van der Waals surface area contributed by atoms with Gasteiger partial charge in [-0.1, -0.05) is 49.7 Å². The third-order valence-electron chi connectivity index (χ3n) is 7.60. The predicted molar refractivity (Wildman–Crippen MR) is 160 cm³/mol. The second-order valence-electron chi connectivity index (χ2n) is 11.1. The van der Waals surface area contributed by atoms with Crippen LogP contribution in [0.5, 0.6) is 0 Å². The van der Waals surface area contributed by atoms with Crippen molar-refractivity contribution in [2.24, 2.45) is 11.8 Å². The van der Waals surface area contributed by atoms with E-state index in [0.717, 1.165) is 31.6 Å². The lowest BCUT2D eigenvalue weighted by Gasteiger charge is -2.34. The number of rotatable bonds is 8. The van der Waals surface area contributed by atoms with Gasteiger partial charge in [-0.3, -0.25) is 9.59 Å². The first kappa shape index (κ1) is 29.3. The van der Waals surface area contributed by atoms with Crippen molar-refractivity contribution in [3.63, 3.8) is 0 Å². The second kappa shape index (κ2) is 12.3. The first-order valence-electron chi connectivity index (χ1n) is 13.9. The van der Waals surface area contributed by atoms with E-state index in [-0.39, 0.29) is 39.1 Å². The molecule has 41 heavy (non-hydrogen) atoms. The Hall–Kier alpha value is -3.24. The van der Waals surface area contributed by atoms with Gasteiger partial charge in [0.05, 0.1) is 21.0 Å². The van der Waals surface area contributed by atoms with Gasteiger partial charge in [0.1, 0.15) is 0 Å². The quantitative estimate of drug-likeness (QED) is 0.359. The molecule has 2 heterocycles. The fraction of sp³-hybridized carbons (Fsp3) is 0.355. The molecule has 2 N–H and O–H groups in total. The molecule has 3 aromatic rings. The van der Waals surface area contributed by atoms with Gasteiger partial charge in [-0.05, 0) is 79.3 Å². The van der Waals surface area contributed by atoms with Crippen molar-refractivity contribution in [2.75, 3.05) is 31.2 Å². The summed E-state index contributed by atoms with van der Waals surface area (Å²) in [7, 11) is -4.03. The zero-order chi connectivity index (χ0) is 29.1. The van der Waals surface area contributed by atoms with E-state index in [2.05, 4.69) is 29.5 Å². The highest BCUT2D eigenvalue weighted by Gasteiger charge is 2.36.